The van der Waals surface area contributed by atoms with E-state index in [2.05, 4.69) is 0 Å². The minimum Gasteiger partial charge on any atom is -0.299 e. The molecule has 0 aromatic heterocycles. The fraction of sp³-hybridized carbons (Fsp3) is 0.0769. The molecule has 0 spiro atoms. The lowest BCUT2D eigenvalue weighted by molar-refractivity contribution is -0.112. The summed E-state index contributed by atoms with van der Waals surface area (Å²) in [5.74, 6) is 0.00386. The van der Waals surface area contributed by atoms with Crippen LogP contribution in [-0.2, 0) is 9.59 Å². The number of carbonyl (C=O) groups excluding carboxylic acids is 2. The smallest absolute Gasteiger partial charge is 0.152 e. The summed E-state index contributed by atoms with van der Waals surface area (Å²) in [6, 6.07) is 7.55. The lowest BCUT2D eigenvalue weighted by Crippen LogP contribution is -1.83. The molecule has 0 aliphatic heterocycles. The van der Waals surface area contributed by atoms with Crippen molar-refractivity contribution in [1.82, 2.24) is 0 Å². The van der Waals surface area contributed by atoms with Crippen molar-refractivity contribution in [2.75, 3.05) is 0 Å². The van der Waals surface area contributed by atoms with Crippen LogP contribution >= 0.6 is 0 Å². The number of hydrogen-bond donors (Lipinski definition) is 0. The van der Waals surface area contributed by atoms with Crippen molar-refractivity contribution in [3.63, 3.8) is 0 Å². The van der Waals surface area contributed by atoms with E-state index in [1.54, 1.807) is 12.2 Å². The van der Waals surface area contributed by atoms with Crippen LogP contribution in [0.25, 0.3) is 12.2 Å². The molecule has 0 fully saturated rings. The maximum Gasteiger partial charge on any atom is 0.152 e. The predicted molar refractivity (Wildman–Crippen MR) is 61.3 cm³/mol. The van der Waals surface area contributed by atoms with Gasteiger partial charge in [0.05, 0.1) is 0 Å². The maximum absolute atomic E-state index is 10.8. The van der Waals surface area contributed by atoms with Crippen molar-refractivity contribution in [3.05, 3.63) is 47.5 Å². The van der Waals surface area contributed by atoms with E-state index in [-0.39, 0.29) is 5.78 Å². The third-order valence-corrected chi connectivity index (χ3v) is 1.85. The largest absolute Gasteiger partial charge is 0.299 e. The zero-order valence-electron chi connectivity index (χ0n) is 8.51. The molecule has 1 aromatic carbocycles. The summed E-state index contributed by atoms with van der Waals surface area (Å²) in [7, 11) is 0. The molecule has 0 aliphatic rings. The SMILES string of the molecule is CC(=O)/C=C/c1ccccc1/C=C/C=O. The van der Waals surface area contributed by atoms with Crippen molar-refractivity contribution in [2.45, 2.75) is 6.92 Å². The summed E-state index contributed by atoms with van der Waals surface area (Å²) in [6.45, 7) is 1.50. The summed E-state index contributed by atoms with van der Waals surface area (Å²) in [5.41, 5.74) is 1.84. The van der Waals surface area contributed by atoms with E-state index in [0.717, 1.165) is 17.4 Å². The van der Waals surface area contributed by atoms with Gasteiger partial charge in [-0.3, -0.25) is 9.59 Å². The number of benzene rings is 1. The number of carbonyl (C=O) groups is 2. The topological polar surface area (TPSA) is 34.1 Å². The highest BCUT2D eigenvalue weighted by Crippen LogP contribution is 2.12. The third-order valence-electron chi connectivity index (χ3n) is 1.85. The van der Waals surface area contributed by atoms with Gasteiger partial charge >= 0.3 is 0 Å². The Labute approximate surface area is 88.9 Å². The molecule has 0 radical (unpaired) electrons. The first-order valence-electron chi connectivity index (χ1n) is 4.63. The highest BCUT2D eigenvalue weighted by atomic mass is 16.1. The summed E-state index contributed by atoms with van der Waals surface area (Å²) in [6.07, 6.45) is 7.12. The quantitative estimate of drug-likeness (QED) is 0.552. The molecule has 2 nitrogen and oxygen atoms in total. The lowest BCUT2D eigenvalue weighted by atomic mass is 10.1. The van der Waals surface area contributed by atoms with Gasteiger partial charge in [-0.05, 0) is 30.2 Å². The maximum atomic E-state index is 10.8. The first-order valence-corrected chi connectivity index (χ1v) is 4.63. The molecule has 0 aliphatic carbocycles. The van der Waals surface area contributed by atoms with Crippen LogP contribution in [0.1, 0.15) is 18.1 Å². The summed E-state index contributed by atoms with van der Waals surface area (Å²) in [4.78, 5) is 21.0. The van der Waals surface area contributed by atoms with E-state index in [0.29, 0.717) is 0 Å². The first-order chi connectivity index (χ1) is 7.24. The van der Waals surface area contributed by atoms with Crippen LogP contribution in [0.15, 0.2) is 36.4 Å². The zero-order valence-corrected chi connectivity index (χ0v) is 8.51. The van der Waals surface area contributed by atoms with E-state index in [1.165, 1.54) is 19.1 Å². The molecule has 1 rings (SSSR count). The number of aldehydes is 1. The van der Waals surface area contributed by atoms with E-state index >= 15 is 0 Å². The Bertz CT molecular complexity index is 414. The van der Waals surface area contributed by atoms with Gasteiger partial charge in [-0.1, -0.05) is 36.4 Å². The molecule has 15 heavy (non-hydrogen) atoms. The summed E-state index contributed by atoms with van der Waals surface area (Å²) in [5, 5.41) is 0. The number of rotatable bonds is 4. The molecule has 0 bridgehead atoms. The molecule has 2 heteroatoms. The zero-order chi connectivity index (χ0) is 11.1. The second kappa shape index (κ2) is 5.70. The first kappa shape index (κ1) is 11.1. The number of hydrogen-bond acceptors (Lipinski definition) is 2. The van der Waals surface area contributed by atoms with Crippen molar-refractivity contribution >= 4 is 24.2 Å². The van der Waals surface area contributed by atoms with Crippen LogP contribution in [-0.4, -0.2) is 12.1 Å². The molecule has 0 atom stereocenters. The van der Waals surface area contributed by atoms with Gasteiger partial charge in [-0.2, -0.15) is 0 Å². The van der Waals surface area contributed by atoms with Gasteiger partial charge in [0.2, 0.25) is 0 Å². The van der Waals surface area contributed by atoms with Gasteiger partial charge in [0.25, 0.3) is 0 Å². The Hall–Kier alpha value is -1.96. The van der Waals surface area contributed by atoms with Crippen molar-refractivity contribution in [2.24, 2.45) is 0 Å². The van der Waals surface area contributed by atoms with Crippen molar-refractivity contribution < 1.29 is 9.59 Å². The second-order valence-electron chi connectivity index (χ2n) is 3.07. The molecule has 0 saturated heterocycles. The lowest BCUT2D eigenvalue weighted by Gasteiger charge is -1.98. The molecule has 0 saturated carbocycles. The van der Waals surface area contributed by atoms with Gasteiger partial charge in [0.15, 0.2) is 5.78 Å². The Kier molecular flexibility index (Phi) is 4.23. The number of allylic oxidation sites excluding steroid dienone is 2. The minimum absolute atomic E-state index is 0.00386. The highest BCUT2D eigenvalue weighted by molar-refractivity contribution is 5.92. The van der Waals surface area contributed by atoms with Crippen LogP contribution in [0.3, 0.4) is 0 Å². The Balaban J connectivity index is 3.00. The van der Waals surface area contributed by atoms with Gasteiger partial charge in [0, 0.05) is 0 Å². The number of ketones is 1. The fourth-order valence-corrected chi connectivity index (χ4v) is 1.16. The average Bonchev–Trinajstić information content (AvgIpc) is 2.24. The van der Waals surface area contributed by atoms with E-state index in [4.69, 9.17) is 0 Å². The van der Waals surface area contributed by atoms with Gasteiger partial charge < -0.3 is 0 Å². The molecule has 76 valence electrons. The average molecular weight is 200 g/mol. The van der Waals surface area contributed by atoms with E-state index < -0.39 is 0 Å². The van der Waals surface area contributed by atoms with E-state index in [1.807, 2.05) is 24.3 Å². The molecule has 0 heterocycles. The molecular formula is C13H12O2. The van der Waals surface area contributed by atoms with Crippen LogP contribution in [0.5, 0.6) is 0 Å². The highest BCUT2D eigenvalue weighted by Gasteiger charge is 1.93. The monoisotopic (exact) mass is 200 g/mol. The Morgan fingerprint density at radius 2 is 1.73 bits per heavy atom. The molecule has 0 amide bonds. The second-order valence-corrected chi connectivity index (χ2v) is 3.07. The van der Waals surface area contributed by atoms with Gasteiger partial charge in [0.1, 0.15) is 6.29 Å². The normalized spacial score (nSPS) is 11.0. The van der Waals surface area contributed by atoms with Gasteiger partial charge in [-0.15, -0.1) is 0 Å². The molecule has 0 unspecified atom stereocenters. The summed E-state index contributed by atoms with van der Waals surface area (Å²) < 4.78 is 0. The minimum atomic E-state index is 0.00386. The van der Waals surface area contributed by atoms with Crippen LogP contribution in [0.4, 0.5) is 0 Å². The fourth-order valence-electron chi connectivity index (χ4n) is 1.16. The standard InChI is InChI=1S/C13H12O2/c1-11(15)8-9-13-6-3-2-5-12(13)7-4-10-14/h2-10H,1H3/b7-4+,9-8+. The Morgan fingerprint density at radius 1 is 1.13 bits per heavy atom. The Morgan fingerprint density at radius 3 is 2.27 bits per heavy atom. The molecule has 0 N–H and O–H groups in total. The van der Waals surface area contributed by atoms with E-state index in [9.17, 15) is 9.59 Å². The van der Waals surface area contributed by atoms with Crippen LogP contribution < -0.4 is 0 Å². The van der Waals surface area contributed by atoms with Gasteiger partial charge in [-0.25, -0.2) is 0 Å². The predicted octanol–water partition coefficient (Wildman–Crippen LogP) is 2.50. The summed E-state index contributed by atoms with van der Waals surface area (Å²) >= 11 is 0. The van der Waals surface area contributed by atoms with Crippen LogP contribution in [0.2, 0.25) is 0 Å². The molecular weight excluding hydrogens is 188 g/mol. The van der Waals surface area contributed by atoms with Crippen molar-refractivity contribution in [1.29, 1.82) is 0 Å². The van der Waals surface area contributed by atoms with Crippen LogP contribution in [0, 0.1) is 0 Å². The third kappa shape index (κ3) is 3.73. The van der Waals surface area contributed by atoms with Crippen molar-refractivity contribution in [3.8, 4) is 0 Å². The molecule has 1 aromatic rings.